The van der Waals surface area contributed by atoms with E-state index in [2.05, 4.69) is 47.8 Å². The van der Waals surface area contributed by atoms with Crippen LogP contribution >= 0.6 is 31.9 Å². The van der Waals surface area contributed by atoms with Gasteiger partial charge >= 0.3 is 6.03 Å². The smallest absolute Gasteiger partial charge is 0.321 e. The first-order valence-electron chi connectivity index (χ1n) is 5.78. The molecule has 1 rings (SSSR count). The molecule has 1 aromatic rings. The molecule has 0 aliphatic rings. The average molecular weight is 409 g/mol. The Morgan fingerprint density at radius 3 is 2.70 bits per heavy atom. The van der Waals surface area contributed by atoms with Crippen molar-refractivity contribution in [3.05, 3.63) is 27.1 Å². The minimum absolute atomic E-state index is 0.00205. The van der Waals surface area contributed by atoms with Crippen molar-refractivity contribution in [2.75, 3.05) is 32.1 Å². The fourth-order valence-electron chi connectivity index (χ4n) is 1.29. The average Bonchev–Trinajstić information content (AvgIpc) is 2.38. The molecule has 6 nitrogen and oxygen atoms in total. The monoisotopic (exact) mass is 407 g/mol. The summed E-state index contributed by atoms with van der Waals surface area (Å²) in [5.74, 6) is -0.422. The van der Waals surface area contributed by atoms with Gasteiger partial charge in [0.25, 0.3) is 0 Å². The summed E-state index contributed by atoms with van der Waals surface area (Å²) in [6.07, 6.45) is 0. The Balaban J connectivity index is 2.34. The van der Waals surface area contributed by atoms with Crippen LogP contribution in [0, 0.1) is 0 Å². The van der Waals surface area contributed by atoms with Gasteiger partial charge in [-0.05, 0) is 34.1 Å². The number of urea groups is 1. The summed E-state index contributed by atoms with van der Waals surface area (Å²) in [7, 11) is 1.53. The zero-order chi connectivity index (χ0) is 15.0. The molecule has 110 valence electrons. The van der Waals surface area contributed by atoms with E-state index in [1.165, 1.54) is 7.11 Å². The third-order valence-corrected chi connectivity index (χ3v) is 3.36. The number of hydrogen-bond donors (Lipinski definition) is 3. The maximum Gasteiger partial charge on any atom is 0.321 e. The van der Waals surface area contributed by atoms with Crippen molar-refractivity contribution in [2.45, 2.75) is 0 Å². The third kappa shape index (κ3) is 6.36. The molecule has 0 saturated heterocycles. The van der Waals surface area contributed by atoms with E-state index in [4.69, 9.17) is 4.74 Å². The molecule has 0 unspecified atom stereocenters. The molecule has 0 aliphatic heterocycles. The number of carbonyl (C=O) groups is 2. The largest absolute Gasteiger partial charge is 0.383 e. The standard InChI is InChI=1S/C12H15Br2N3O3/c1-20-5-4-15-12(19)17-11(18)7-16-10-3-2-8(13)6-9(10)14/h2-3,6,16H,4-5,7H2,1H3,(H2,15,17,18,19). The van der Waals surface area contributed by atoms with Crippen LogP contribution in [-0.2, 0) is 9.53 Å². The van der Waals surface area contributed by atoms with E-state index in [9.17, 15) is 9.59 Å². The molecule has 0 saturated carbocycles. The Hall–Kier alpha value is -1.12. The van der Waals surface area contributed by atoms with Crippen molar-refractivity contribution >= 4 is 49.5 Å². The SMILES string of the molecule is COCCNC(=O)NC(=O)CNc1ccc(Br)cc1Br. The molecule has 0 fully saturated rings. The first-order chi connectivity index (χ1) is 9.52. The van der Waals surface area contributed by atoms with Crippen molar-refractivity contribution in [3.63, 3.8) is 0 Å². The number of amides is 3. The van der Waals surface area contributed by atoms with Gasteiger partial charge in [-0.3, -0.25) is 10.1 Å². The van der Waals surface area contributed by atoms with Gasteiger partial charge in [0, 0.05) is 28.3 Å². The molecular weight excluding hydrogens is 394 g/mol. The molecule has 0 atom stereocenters. The fourth-order valence-corrected chi connectivity index (χ4v) is 2.48. The minimum atomic E-state index is -0.538. The molecule has 8 heteroatoms. The van der Waals surface area contributed by atoms with Crippen LogP contribution in [0.1, 0.15) is 0 Å². The number of methoxy groups -OCH3 is 1. The van der Waals surface area contributed by atoms with Crippen LogP contribution in [0.3, 0.4) is 0 Å². The van der Waals surface area contributed by atoms with Crippen molar-refractivity contribution in [1.29, 1.82) is 0 Å². The summed E-state index contributed by atoms with van der Waals surface area (Å²) in [6.45, 7) is 0.741. The molecule has 0 bridgehead atoms. The van der Waals surface area contributed by atoms with E-state index < -0.39 is 11.9 Å². The van der Waals surface area contributed by atoms with Gasteiger partial charge in [-0.1, -0.05) is 15.9 Å². The first kappa shape index (κ1) is 16.9. The summed E-state index contributed by atoms with van der Waals surface area (Å²) in [5, 5.41) is 7.63. The second kappa shape index (κ2) is 8.93. The molecule has 0 spiro atoms. The van der Waals surface area contributed by atoms with E-state index in [0.29, 0.717) is 13.2 Å². The molecule has 3 N–H and O–H groups in total. The number of carbonyl (C=O) groups excluding carboxylic acids is 2. The molecule has 0 aromatic heterocycles. The highest BCUT2D eigenvalue weighted by Gasteiger charge is 2.07. The van der Waals surface area contributed by atoms with E-state index in [0.717, 1.165) is 14.6 Å². The number of ether oxygens (including phenoxy) is 1. The summed E-state index contributed by atoms with van der Waals surface area (Å²) in [4.78, 5) is 22.9. The van der Waals surface area contributed by atoms with Crippen LogP contribution in [-0.4, -0.2) is 38.7 Å². The van der Waals surface area contributed by atoms with Crippen molar-refractivity contribution < 1.29 is 14.3 Å². The summed E-state index contributed by atoms with van der Waals surface area (Å²) in [5.41, 5.74) is 0.767. The maximum absolute atomic E-state index is 11.5. The summed E-state index contributed by atoms with van der Waals surface area (Å²) >= 11 is 6.71. The quantitative estimate of drug-likeness (QED) is 0.629. The van der Waals surface area contributed by atoms with Crippen LogP contribution in [0.4, 0.5) is 10.5 Å². The first-order valence-corrected chi connectivity index (χ1v) is 7.37. The molecule has 0 aliphatic carbocycles. The third-order valence-electron chi connectivity index (χ3n) is 2.22. The Labute approximate surface area is 133 Å². The van der Waals surface area contributed by atoms with Gasteiger partial charge < -0.3 is 15.4 Å². The Morgan fingerprint density at radius 1 is 1.30 bits per heavy atom. The number of rotatable bonds is 6. The number of halogens is 2. The molecule has 0 radical (unpaired) electrons. The number of nitrogens with one attached hydrogen (secondary N) is 3. The summed E-state index contributed by atoms with van der Waals surface area (Å²) < 4.78 is 6.53. The highest BCUT2D eigenvalue weighted by atomic mass is 79.9. The Bertz CT molecular complexity index is 483. The predicted molar refractivity (Wildman–Crippen MR) is 83.7 cm³/mol. The highest BCUT2D eigenvalue weighted by Crippen LogP contribution is 2.25. The van der Waals surface area contributed by atoms with Crippen LogP contribution < -0.4 is 16.0 Å². The van der Waals surface area contributed by atoms with Gasteiger partial charge in [0.15, 0.2) is 0 Å². The van der Waals surface area contributed by atoms with Gasteiger partial charge in [-0.25, -0.2) is 4.79 Å². The van der Waals surface area contributed by atoms with Crippen LogP contribution in [0.25, 0.3) is 0 Å². The maximum atomic E-state index is 11.5. The number of hydrogen-bond acceptors (Lipinski definition) is 4. The molecule has 20 heavy (non-hydrogen) atoms. The topological polar surface area (TPSA) is 79.5 Å². The van der Waals surface area contributed by atoms with E-state index in [1.54, 1.807) is 0 Å². The molecule has 3 amide bonds. The lowest BCUT2D eigenvalue weighted by Crippen LogP contribution is -2.42. The predicted octanol–water partition coefficient (Wildman–Crippen LogP) is 2.10. The number of anilines is 1. The lowest BCUT2D eigenvalue weighted by Gasteiger charge is -2.09. The highest BCUT2D eigenvalue weighted by molar-refractivity contribution is 9.11. The lowest BCUT2D eigenvalue weighted by atomic mass is 10.3. The van der Waals surface area contributed by atoms with E-state index in [-0.39, 0.29) is 6.54 Å². The second-order valence-electron chi connectivity index (χ2n) is 3.77. The minimum Gasteiger partial charge on any atom is -0.383 e. The zero-order valence-corrected chi connectivity index (χ0v) is 14.0. The van der Waals surface area contributed by atoms with Crippen LogP contribution in [0.5, 0.6) is 0 Å². The van der Waals surface area contributed by atoms with Crippen LogP contribution in [0.15, 0.2) is 27.1 Å². The van der Waals surface area contributed by atoms with Gasteiger partial charge in [0.05, 0.1) is 13.2 Å². The van der Waals surface area contributed by atoms with Crippen molar-refractivity contribution in [3.8, 4) is 0 Å². The van der Waals surface area contributed by atoms with Crippen molar-refractivity contribution in [1.82, 2.24) is 10.6 Å². The Kier molecular flexibility index (Phi) is 7.56. The fraction of sp³-hybridized carbons (Fsp3) is 0.333. The zero-order valence-electron chi connectivity index (χ0n) is 10.8. The van der Waals surface area contributed by atoms with E-state index in [1.807, 2.05) is 18.2 Å². The number of benzene rings is 1. The van der Waals surface area contributed by atoms with Crippen LogP contribution in [0.2, 0.25) is 0 Å². The van der Waals surface area contributed by atoms with Gasteiger partial charge in [0.1, 0.15) is 0 Å². The lowest BCUT2D eigenvalue weighted by molar-refractivity contribution is -0.118. The van der Waals surface area contributed by atoms with E-state index >= 15 is 0 Å². The number of imide groups is 1. The van der Waals surface area contributed by atoms with Gasteiger partial charge in [0.2, 0.25) is 5.91 Å². The second-order valence-corrected chi connectivity index (χ2v) is 5.54. The summed E-state index contributed by atoms with van der Waals surface area (Å²) in [6, 6.07) is 4.99. The Morgan fingerprint density at radius 2 is 2.05 bits per heavy atom. The van der Waals surface area contributed by atoms with Crippen molar-refractivity contribution in [2.24, 2.45) is 0 Å². The normalized spacial score (nSPS) is 9.95. The molecule has 1 aromatic carbocycles. The molecule has 0 heterocycles. The molecular formula is C12H15Br2N3O3. The van der Waals surface area contributed by atoms with Gasteiger partial charge in [-0.2, -0.15) is 0 Å². The van der Waals surface area contributed by atoms with Gasteiger partial charge in [-0.15, -0.1) is 0 Å².